The Morgan fingerprint density at radius 2 is 2.05 bits per heavy atom. The van der Waals surface area contributed by atoms with Crippen LogP contribution in [0.5, 0.6) is 0 Å². The Morgan fingerprint density at radius 1 is 1.40 bits per heavy atom. The van der Waals surface area contributed by atoms with Gasteiger partial charge >= 0.3 is 5.97 Å². The van der Waals surface area contributed by atoms with Crippen molar-refractivity contribution in [3.63, 3.8) is 0 Å². The molecule has 1 aromatic rings. The molecular formula is C14H21ClN2O3. The first-order valence-corrected chi connectivity index (χ1v) is 6.25. The quantitative estimate of drug-likeness (QED) is 0.817. The third-order valence-corrected chi connectivity index (χ3v) is 2.84. The van der Waals surface area contributed by atoms with Gasteiger partial charge in [0, 0.05) is 5.69 Å². The molecule has 1 unspecified atom stereocenters. The molecule has 1 rings (SSSR count). The number of methoxy groups -OCH3 is 1. The molecule has 1 atom stereocenters. The molecule has 0 saturated heterocycles. The van der Waals surface area contributed by atoms with E-state index in [4.69, 9.17) is 5.73 Å². The van der Waals surface area contributed by atoms with E-state index in [-0.39, 0.29) is 18.3 Å². The third kappa shape index (κ3) is 4.83. The number of esters is 1. The van der Waals surface area contributed by atoms with Crippen LogP contribution in [-0.2, 0) is 9.53 Å². The summed E-state index contributed by atoms with van der Waals surface area (Å²) < 4.78 is 4.66. The van der Waals surface area contributed by atoms with Crippen molar-refractivity contribution in [1.82, 2.24) is 0 Å². The average Bonchev–Trinajstić information content (AvgIpc) is 2.38. The molecule has 0 saturated carbocycles. The van der Waals surface area contributed by atoms with Crippen LogP contribution < -0.4 is 11.1 Å². The number of amides is 1. The number of aryl methyl sites for hydroxylation is 1. The lowest BCUT2D eigenvalue weighted by atomic mass is 10.1. The fourth-order valence-electron chi connectivity index (χ4n) is 1.76. The monoisotopic (exact) mass is 300 g/mol. The minimum Gasteiger partial charge on any atom is -0.465 e. The van der Waals surface area contributed by atoms with Gasteiger partial charge in [-0.05, 0) is 37.1 Å². The zero-order valence-corrected chi connectivity index (χ0v) is 12.8. The van der Waals surface area contributed by atoms with Gasteiger partial charge in [-0.25, -0.2) is 4.79 Å². The highest BCUT2D eigenvalue weighted by Gasteiger charge is 2.14. The predicted octanol–water partition coefficient (Wildman–Crippen LogP) is 2.27. The molecule has 0 aromatic heterocycles. The van der Waals surface area contributed by atoms with E-state index in [1.165, 1.54) is 7.11 Å². The number of carbonyl (C=O) groups is 2. The maximum atomic E-state index is 11.8. The number of nitrogens with one attached hydrogen (secondary N) is 1. The molecule has 3 N–H and O–H groups in total. The van der Waals surface area contributed by atoms with Crippen LogP contribution in [0.3, 0.4) is 0 Å². The third-order valence-electron chi connectivity index (χ3n) is 2.84. The Kier molecular flexibility index (Phi) is 7.87. The molecule has 0 aliphatic carbocycles. The molecule has 0 aliphatic heterocycles. The van der Waals surface area contributed by atoms with Gasteiger partial charge in [-0.2, -0.15) is 0 Å². The predicted molar refractivity (Wildman–Crippen MR) is 81.3 cm³/mol. The highest BCUT2D eigenvalue weighted by atomic mass is 35.5. The Balaban J connectivity index is 0.00000361. The maximum absolute atomic E-state index is 11.8. The van der Waals surface area contributed by atoms with E-state index in [1.807, 2.05) is 6.92 Å². The lowest BCUT2D eigenvalue weighted by molar-refractivity contribution is -0.117. The number of anilines is 1. The van der Waals surface area contributed by atoms with Gasteiger partial charge in [0.15, 0.2) is 0 Å². The first-order chi connectivity index (χ1) is 8.99. The van der Waals surface area contributed by atoms with E-state index in [0.717, 1.165) is 12.0 Å². The molecular weight excluding hydrogens is 280 g/mol. The van der Waals surface area contributed by atoms with Crippen molar-refractivity contribution in [3.05, 3.63) is 29.3 Å². The number of hydrogen-bond acceptors (Lipinski definition) is 4. The van der Waals surface area contributed by atoms with Gasteiger partial charge in [0.2, 0.25) is 5.91 Å². The van der Waals surface area contributed by atoms with Gasteiger partial charge in [0.1, 0.15) is 0 Å². The zero-order chi connectivity index (χ0) is 14.4. The minimum atomic E-state index is -0.509. The van der Waals surface area contributed by atoms with Crippen molar-refractivity contribution in [2.45, 2.75) is 32.7 Å². The van der Waals surface area contributed by atoms with Crippen LogP contribution in [-0.4, -0.2) is 25.0 Å². The second-order valence-electron chi connectivity index (χ2n) is 4.41. The Labute approximate surface area is 125 Å². The topological polar surface area (TPSA) is 81.4 Å². The van der Waals surface area contributed by atoms with E-state index < -0.39 is 12.0 Å². The van der Waals surface area contributed by atoms with Crippen LogP contribution in [0.4, 0.5) is 5.69 Å². The largest absolute Gasteiger partial charge is 0.465 e. The summed E-state index contributed by atoms with van der Waals surface area (Å²) in [7, 11) is 1.33. The van der Waals surface area contributed by atoms with Crippen LogP contribution in [0.15, 0.2) is 18.2 Å². The summed E-state index contributed by atoms with van der Waals surface area (Å²) in [6, 6.07) is 4.51. The van der Waals surface area contributed by atoms with E-state index in [0.29, 0.717) is 17.7 Å². The second-order valence-corrected chi connectivity index (χ2v) is 4.41. The van der Waals surface area contributed by atoms with Crippen molar-refractivity contribution in [2.75, 3.05) is 12.4 Å². The molecule has 1 aromatic carbocycles. The maximum Gasteiger partial charge on any atom is 0.338 e. The zero-order valence-electron chi connectivity index (χ0n) is 11.9. The lowest BCUT2D eigenvalue weighted by Gasteiger charge is -2.12. The average molecular weight is 301 g/mol. The number of benzene rings is 1. The van der Waals surface area contributed by atoms with E-state index >= 15 is 0 Å². The van der Waals surface area contributed by atoms with Crippen LogP contribution in [0.25, 0.3) is 0 Å². The van der Waals surface area contributed by atoms with E-state index in [1.54, 1.807) is 25.1 Å². The summed E-state index contributed by atoms with van der Waals surface area (Å²) >= 11 is 0. The van der Waals surface area contributed by atoms with E-state index in [2.05, 4.69) is 10.1 Å². The molecule has 0 radical (unpaired) electrons. The van der Waals surface area contributed by atoms with Gasteiger partial charge in [0.05, 0.1) is 18.7 Å². The molecule has 1 amide bonds. The van der Waals surface area contributed by atoms with Crippen molar-refractivity contribution in [1.29, 1.82) is 0 Å². The molecule has 0 heterocycles. The molecule has 5 nitrogen and oxygen atoms in total. The van der Waals surface area contributed by atoms with Crippen molar-refractivity contribution < 1.29 is 14.3 Å². The molecule has 0 bridgehead atoms. The second kappa shape index (κ2) is 8.55. The van der Waals surface area contributed by atoms with Crippen molar-refractivity contribution in [2.24, 2.45) is 5.73 Å². The number of ether oxygens (including phenoxy) is 1. The number of carbonyl (C=O) groups excluding carboxylic acids is 2. The lowest BCUT2D eigenvalue weighted by Crippen LogP contribution is -2.35. The number of hydrogen-bond donors (Lipinski definition) is 2. The number of nitrogens with two attached hydrogens (primary N) is 1. The normalized spacial score (nSPS) is 11.2. The van der Waals surface area contributed by atoms with Gasteiger partial charge in [-0.1, -0.05) is 13.3 Å². The van der Waals surface area contributed by atoms with Crippen LogP contribution in [0.2, 0.25) is 0 Å². The highest BCUT2D eigenvalue weighted by molar-refractivity contribution is 5.96. The number of halogens is 1. The van der Waals surface area contributed by atoms with E-state index in [9.17, 15) is 9.59 Å². The van der Waals surface area contributed by atoms with Crippen molar-refractivity contribution >= 4 is 30.0 Å². The number of rotatable bonds is 5. The van der Waals surface area contributed by atoms with Gasteiger partial charge in [-0.3, -0.25) is 4.79 Å². The summed E-state index contributed by atoms with van der Waals surface area (Å²) in [6.07, 6.45) is 1.50. The summed E-state index contributed by atoms with van der Waals surface area (Å²) in [4.78, 5) is 23.2. The molecule has 0 aliphatic rings. The minimum absolute atomic E-state index is 0. The molecule has 20 heavy (non-hydrogen) atoms. The van der Waals surface area contributed by atoms with Crippen LogP contribution >= 0.6 is 12.4 Å². The van der Waals surface area contributed by atoms with Crippen molar-refractivity contribution in [3.8, 4) is 0 Å². The SMILES string of the molecule is CCCC(N)C(=O)Nc1ccc(C(=O)OC)c(C)c1.Cl. The van der Waals surface area contributed by atoms with Gasteiger partial charge in [-0.15, -0.1) is 12.4 Å². The van der Waals surface area contributed by atoms with Gasteiger partial charge < -0.3 is 15.8 Å². The fraction of sp³-hybridized carbons (Fsp3) is 0.429. The van der Waals surface area contributed by atoms with Crippen LogP contribution in [0, 0.1) is 6.92 Å². The summed E-state index contributed by atoms with van der Waals surface area (Å²) in [5.41, 5.74) is 7.58. The smallest absolute Gasteiger partial charge is 0.338 e. The first-order valence-electron chi connectivity index (χ1n) is 6.25. The molecule has 0 spiro atoms. The Hall–Kier alpha value is -1.59. The standard InChI is InChI=1S/C14H20N2O3.ClH/c1-4-5-12(15)13(17)16-10-6-7-11(9(2)8-10)14(18)19-3;/h6-8,12H,4-5,15H2,1-3H3,(H,16,17);1H. The van der Waals surface area contributed by atoms with Gasteiger partial charge in [0.25, 0.3) is 0 Å². The van der Waals surface area contributed by atoms with Crippen LogP contribution in [0.1, 0.15) is 35.7 Å². The summed E-state index contributed by atoms with van der Waals surface area (Å²) in [6.45, 7) is 3.76. The molecule has 112 valence electrons. The highest BCUT2D eigenvalue weighted by Crippen LogP contribution is 2.16. The fourth-order valence-corrected chi connectivity index (χ4v) is 1.76. The molecule has 0 fully saturated rings. The summed E-state index contributed by atoms with van der Waals surface area (Å²) in [5, 5.41) is 2.74. The first kappa shape index (κ1) is 18.4. The summed E-state index contributed by atoms with van der Waals surface area (Å²) in [5.74, 6) is -0.606. The Bertz CT molecular complexity index is 477. The molecule has 6 heteroatoms. The Morgan fingerprint density at radius 3 is 2.55 bits per heavy atom.